The predicted octanol–water partition coefficient (Wildman–Crippen LogP) is 1.39. The average Bonchev–Trinajstić information content (AvgIpc) is 3.81. The van der Waals surface area contributed by atoms with Crippen LogP contribution in [0.1, 0.15) is 112 Å². The standard InChI is InChI=1S/C40H70N7O18P3S/c1-24(2)10-8-11-25(3)12-9-13-26(4)14-15-28(48)27(5)39(53)69-19-18-42-30(49)16-17-43-37(52)34(51)40(6,7)21-62-68(59,60)65-67(57,58)61-20-29-33(64-66(54,55)56)32(50)38(63-29)47-23-46-31-35(41)44-22-45-36(31)47/h22-27,29,32-34,38,50-51H,8-21H2,1-7H3,(H,42,49)(H,43,52)(H,57,58)(H,59,60)(H2,41,44,45)(H2,54,55,56)/p-4/t25?,26?,27?,29-,32-,33-,34+,38-/m1/s1. The summed E-state index contributed by atoms with van der Waals surface area (Å²) < 4.78 is 60.9. The number of aromatic nitrogens is 4. The van der Waals surface area contributed by atoms with Crippen LogP contribution < -0.4 is 35.9 Å². The van der Waals surface area contributed by atoms with Gasteiger partial charge in [0.05, 0.1) is 33.3 Å². The predicted molar refractivity (Wildman–Crippen MR) is 242 cm³/mol. The van der Waals surface area contributed by atoms with Gasteiger partial charge < -0.3 is 69.0 Å². The van der Waals surface area contributed by atoms with Crippen LogP contribution in [0.3, 0.4) is 0 Å². The number of phosphoric acid groups is 3. The number of Topliss-reactive ketones (excluding diaryl/α,β-unsaturated/α-hetero) is 1. The number of carbonyl (C=O) groups excluding carboxylic acids is 4. The molecule has 0 aliphatic carbocycles. The molecule has 3 heterocycles. The van der Waals surface area contributed by atoms with E-state index in [1.807, 2.05) is 0 Å². The maximum atomic E-state index is 12.7. The zero-order chi connectivity index (χ0) is 51.9. The lowest BCUT2D eigenvalue weighted by Gasteiger charge is -2.36. The lowest BCUT2D eigenvalue weighted by atomic mass is 9.87. The van der Waals surface area contributed by atoms with Gasteiger partial charge in [0.1, 0.15) is 42.0 Å². The first-order valence-corrected chi connectivity index (χ1v) is 27.9. The van der Waals surface area contributed by atoms with Crippen molar-refractivity contribution in [3.8, 4) is 0 Å². The van der Waals surface area contributed by atoms with Gasteiger partial charge in [-0.15, -0.1) is 0 Å². The van der Waals surface area contributed by atoms with Gasteiger partial charge in [-0.3, -0.25) is 32.9 Å². The van der Waals surface area contributed by atoms with Gasteiger partial charge in [0, 0.05) is 37.1 Å². The first kappa shape index (κ1) is 60.5. The summed E-state index contributed by atoms with van der Waals surface area (Å²) in [4.78, 5) is 110. The van der Waals surface area contributed by atoms with Gasteiger partial charge in [-0.2, -0.15) is 0 Å². The van der Waals surface area contributed by atoms with Crippen molar-refractivity contribution >= 4 is 74.9 Å². The van der Waals surface area contributed by atoms with Crippen LogP contribution in [0.15, 0.2) is 12.7 Å². The molecular formula is C40H66N7O18P3S-4. The number of nitrogens with two attached hydrogens (primary N) is 1. The smallest absolute Gasteiger partial charge is 0.274 e. The molecule has 1 aliphatic rings. The number of anilines is 1. The molecule has 0 spiro atoms. The summed E-state index contributed by atoms with van der Waals surface area (Å²) in [5.41, 5.74) is 4.05. The molecule has 1 saturated heterocycles. The number of thioether (sulfide) groups is 1. The maximum absolute atomic E-state index is 12.7. The van der Waals surface area contributed by atoms with Gasteiger partial charge in [-0.1, -0.05) is 91.8 Å². The molecule has 0 bridgehead atoms. The highest BCUT2D eigenvalue weighted by molar-refractivity contribution is 8.13. The molecule has 0 saturated carbocycles. The lowest BCUT2D eigenvalue weighted by Crippen LogP contribution is -2.46. The van der Waals surface area contributed by atoms with E-state index in [0.717, 1.165) is 54.2 Å². The second kappa shape index (κ2) is 27.3. The van der Waals surface area contributed by atoms with Crippen LogP contribution in [0.4, 0.5) is 5.82 Å². The zero-order valence-corrected chi connectivity index (χ0v) is 43.3. The van der Waals surface area contributed by atoms with Crippen molar-refractivity contribution in [2.75, 3.05) is 37.8 Å². The number of nitrogen functional groups attached to an aromatic ring is 1. The summed E-state index contributed by atoms with van der Waals surface area (Å²) in [6.07, 6.45) is 0.386. The summed E-state index contributed by atoms with van der Waals surface area (Å²) in [5.74, 6) is -0.528. The number of aliphatic hydroxyl groups is 2. The van der Waals surface area contributed by atoms with Crippen LogP contribution in [0.5, 0.6) is 0 Å². The topological polar surface area (TPSA) is 392 Å². The van der Waals surface area contributed by atoms with Crippen molar-refractivity contribution in [2.24, 2.45) is 29.1 Å². The van der Waals surface area contributed by atoms with Crippen molar-refractivity contribution in [3.63, 3.8) is 0 Å². The van der Waals surface area contributed by atoms with Crippen molar-refractivity contribution in [2.45, 2.75) is 137 Å². The Balaban J connectivity index is 1.36. The van der Waals surface area contributed by atoms with E-state index in [-0.39, 0.29) is 53.1 Å². The number of amides is 2. The Hall–Kier alpha value is -2.77. The van der Waals surface area contributed by atoms with E-state index in [2.05, 4.69) is 71.2 Å². The number of aliphatic hydroxyl groups excluding tert-OH is 2. The number of nitrogens with zero attached hydrogens (tertiary/aromatic N) is 4. The first-order valence-electron chi connectivity index (χ1n) is 22.5. The van der Waals surface area contributed by atoms with E-state index in [0.29, 0.717) is 18.3 Å². The van der Waals surface area contributed by atoms with Crippen molar-refractivity contribution in [1.82, 2.24) is 30.2 Å². The highest BCUT2D eigenvalue weighted by atomic mass is 32.2. The van der Waals surface area contributed by atoms with Crippen LogP contribution in [0, 0.1) is 29.1 Å². The number of ketones is 1. The van der Waals surface area contributed by atoms with Gasteiger partial charge in [0.2, 0.25) is 11.8 Å². The largest absolute Gasteiger partial charge is 0.790 e. The van der Waals surface area contributed by atoms with Crippen LogP contribution >= 0.6 is 35.2 Å². The number of imidazole rings is 1. The minimum atomic E-state index is -5.94. The summed E-state index contributed by atoms with van der Waals surface area (Å²) in [7, 11) is -17.7. The minimum absolute atomic E-state index is 0.0264. The fourth-order valence-electron chi connectivity index (χ4n) is 7.10. The molecular weight excluding hydrogens is 991 g/mol. The van der Waals surface area contributed by atoms with E-state index < -0.39 is 90.5 Å². The number of carbonyl (C=O) groups is 4. The normalized spacial score (nSPS) is 21.3. The van der Waals surface area contributed by atoms with Gasteiger partial charge in [0.25, 0.3) is 15.6 Å². The van der Waals surface area contributed by atoms with E-state index >= 15 is 0 Å². The van der Waals surface area contributed by atoms with E-state index in [1.54, 1.807) is 6.92 Å². The Bertz CT molecular complexity index is 2160. The molecule has 1 fully saturated rings. The molecule has 69 heavy (non-hydrogen) atoms. The van der Waals surface area contributed by atoms with Crippen LogP contribution in [0.2, 0.25) is 0 Å². The van der Waals surface area contributed by atoms with E-state index in [4.69, 9.17) is 10.5 Å². The first-order chi connectivity index (χ1) is 32.0. The molecule has 3 rings (SSSR count). The monoisotopic (exact) mass is 1060 g/mol. The van der Waals surface area contributed by atoms with Crippen molar-refractivity contribution in [1.29, 1.82) is 0 Å². The molecule has 0 aromatic carbocycles. The number of fused-ring (bicyclic) bond motifs is 1. The summed E-state index contributed by atoms with van der Waals surface area (Å²) in [6.45, 7) is 10.4. The third-order valence-electron chi connectivity index (χ3n) is 11.3. The van der Waals surface area contributed by atoms with Crippen molar-refractivity contribution in [3.05, 3.63) is 12.7 Å². The number of nitrogens with one attached hydrogen (secondary N) is 2. The molecule has 2 amide bonds. The summed E-state index contributed by atoms with van der Waals surface area (Å²) >= 11 is 0.934. The van der Waals surface area contributed by atoms with Crippen molar-refractivity contribution < 1.29 is 85.3 Å². The fraction of sp³-hybridized carbons (Fsp3) is 0.775. The average molecular weight is 1060 g/mol. The molecule has 2 aromatic heterocycles. The number of ether oxygens (including phenoxy) is 1. The highest BCUT2D eigenvalue weighted by Gasteiger charge is 2.47. The highest BCUT2D eigenvalue weighted by Crippen LogP contribution is 2.56. The molecule has 6 N–H and O–H groups in total. The van der Waals surface area contributed by atoms with E-state index in [9.17, 15) is 62.7 Å². The fourth-order valence-corrected chi connectivity index (χ4v) is 10.6. The Labute approximate surface area is 405 Å². The van der Waals surface area contributed by atoms with Gasteiger partial charge >= 0.3 is 0 Å². The number of hydrogen-bond acceptors (Lipinski definition) is 23. The lowest BCUT2D eigenvalue weighted by molar-refractivity contribution is -0.347. The summed E-state index contributed by atoms with van der Waals surface area (Å²) in [5, 5.41) is 26.1. The Kier molecular flexibility index (Phi) is 24.0. The third kappa shape index (κ3) is 20.7. The van der Waals surface area contributed by atoms with Gasteiger partial charge in [0.15, 0.2) is 22.8 Å². The molecule has 29 heteroatoms. The molecule has 0 radical (unpaired) electrons. The number of hydrogen-bond donors (Lipinski definition) is 5. The third-order valence-corrected chi connectivity index (χ3v) is 15.4. The van der Waals surface area contributed by atoms with Crippen LogP contribution in [-0.2, 0) is 55.5 Å². The molecule has 10 atom stereocenters. The van der Waals surface area contributed by atoms with Crippen LogP contribution in [0.25, 0.3) is 11.2 Å². The zero-order valence-electron chi connectivity index (χ0n) is 39.8. The molecule has 1 aliphatic heterocycles. The molecule has 394 valence electrons. The molecule has 25 nitrogen and oxygen atoms in total. The molecule has 5 unspecified atom stereocenters. The van der Waals surface area contributed by atoms with Gasteiger partial charge in [-0.05, 0) is 31.1 Å². The number of phosphoric ester groups is 3. The Morgan fingerprint density at radius 3 is 2.16 bits per heavy atom. The number of rotatable bonds is 32. The minimum Gasteiger partial charge on any atom is -0.790 e. The second-order valence-electron chi connectivity index (χ2n) is 18.3. The van der Waals surface area contributed by atoms with Gasteiger partial charge in [-0.25, -0.2) is 19.3 Å². The molecule has 2 aromatic rings. The Morgan fingerprint density at radius 2 is 1.52 bits per heavy atom. The second-order valence-corrected chi connectivity index (χ2v) is 23.5. The van der Waals surface area contributed by atoms with Crippen LogP contribution in [-0.4, -0.2) is 109 Å². The van der Waals surface area contributed by atoms with E-state index in [1.165, 1.54) is 39.5 Å². The quantitative estimate of drug-likeness (QED) is 0.0392. The Morgan fingerprint density at radius 1 is 0.899 bits per heavy atom. The SMILES string of the molecule is CC(C)CCCC(C)CCCC(C)CCC(=O)C(C)C(=O)SCCNC(=O)CCNC(=O)[C@H](O)C(C)(C)COP(=O)([O-])OP(=O)([O-])OC[C@H]1O[C@@H](n2cnc3c(N)ncnc32)[C@H](O)[C@@H]1OP(=O)([O-])[O-]. The maximum Gasteiger partial charge on any atom is 0.274 e. The summed E-state index contributed by atoms with van der Waals surface area (Å²) in [6, 6.07) is 0.